The molecule has 1 aliphatic rings. The van der Waals surface area contributed by atoms with Gasteiger partial charge in [0.05, 0.1) is 5.56 Å². The van der Waals surface area contributed by atoms with Crippen LogP contribution in [0.1, 0.15) is 16.8 Å². The smallest absolute Gasteiger partial charge is 0.314 e. The van der Waals surface area contributed by atoms with E-state index in [1.807, 2.05) is 0 Å². The Kier molecular flexibility index (Phi) is 2.11. The van der Waals surface area contributed by atoms with E-state index in [4.69, 9.17) is 0 Å². The van der Waals surface area contributed by atoms with Crippen molar-refractivity contribution in [3.05, 3.63) is 33.2 Å². The molecule has 3 nitrogen and oxygen atoms in total. The van der Waals surface area contributed by atoms with Crippen molar-refractivity contribution in [2.24, 2.45) is 7.05 Å². The molecule has 0 unspecified atom stereocenters. The maximum Gasteiger partial charge on any atom is 0.416 e. The monoisotopic (exact) mass is 218 g/mol. The van der Waals surface area contributed by atoms with Crippen LogP contribution in [0.15, 0.2) is 10.9 Å². The average Bonchev–Trinajstić information content (AvgIpc) is 2.57. The molecule has 0 spiro atoms. The summed E-state index contributed by atoms with van der Waals surface area (Å²) in [5.41, 5.74) is -0.824. The Labute approximate surface area is 83.5 Å². The number of aromatic nitrogens is 1. The summed E-state index contributed by atoms with van der Waals surface area (Å²) in [6.07, 6.45) is -4.45. The number of hydrogen-bond donors (Lipinski definition) is 1. The van der Waals surface area contributed by atoms with Crippen molar-refractivity contribution < 1.29 is 13.2 Å². The molecule has 2 heterocycles. The zero-order chi connectivity index (χ0) is 11.2. The highest BCUT2D eigenvalue weighted by Crippen LogP contribution is 2.33. The van der Waals surface area contributed by atoms with Crippen molar-refractivity contribution in [3.8, 4) is 0 Å². The molecule has 6 heteroatoms. The molecule has 0 saturated heterocycles. The molecule has 0 bridgehead atoms. The molecule has 1 aliphatic heterocycles. The molecule has 2 rings (SSSR count). The number of fused-ring (bicyclic) bond motifs is 1. The SMILES string of the molecule is Cn1c2c(c(C(F)(F)F)cc1=O)CNC2. The maximum atomic E-state index is 12.6. The van der Waals surface area contributed by atoms with Crippen LogP contribution < -0.4 is 10.9 Å². The Bertz CT molecular complexity index is 462. The van der Waals surface area contributed by atoms with Crippen LogP contribution in [0.25, 0.3) is 0 Å². The summed E-state index contributed by atoms with van der Waals surface area (Å²) in [6, 6.07) is 0.659. The first-order chi connectivity index (χ1) is 6.91. The number of nitrogens with zero attached hydrogens (tertiary/aromatic N) is 1. The highest BCUT2D eigenvalue weighted by Gasteiger charge is 2.36. The molecule has 15 heavy (non-hydrogen) atoms. The van der Waals surface area contributed by atoms with E-state index in [2.05, 4.69) is 5.32 Å². The molecule has 0 aliphatic carbocycles. The van der Waals surface area contributed by atoms with E-state index in [9.17, 15) is 18.0 Å². The van der Waals surface area contributed by atoms with Gasteiger partial charge in [-0.3, -0.25) is 4.79 Å². The largest absolute Gasteiger partial charge is 0.416 e. The van der Waals surface area contributed by atoms with Crippen LogP contribution in [-0.4, -0.2) is 4.57 Å². The first kappa shape index (κ1) is 10.2. The molecule has 1 aromatic rings. The summed E-state index contributed by atoms with van der Waals surface area (Å²) in [6.45, 7) is 0.475. The number of hydrogen-bond acceptors (Lipinski definition) is 2. The number of alkyl halides is 3. The lowest BCUT2D eigenvalue weighted by Crippen LogP contribution is -2.24. The second kappa shape index (κ2) is 3.10. The number of rotatable bonds is 0. The van der Waals surface area contributed by atoms with Crippen molar-refractivity contribution >= 4 is 0 Å². The van der Waals surface area contributed by atoms with Gasteiger partial charge < -0.3 is 9.88 Å². The summed E-state index contributed by atoms with van der Waals surface area (Å²) < 4.78 is 39.0. The van der Waals surface area contributed by atoms with Gasteiger partial charge in [0.2, 0.25) is 0 Å². The van der Waals surface area contributed by atoms with Gasteiger partial charge in [0.25, 0.3) is 5.56 Å². The summed E-state index contributed by atoms with van der Waals surface area (Å²) in [4.78, 5) is 11.3. The predicted octanol–water partition coefficient (Wildman–Crippen LogP) is 1.01. The minimum atomic E-state index is -4.45. The molecular weight excluding hydrogens is 209 g/mol. The minimum Gasteiger partial charge on any atom is -0.314 e. The highest BCUT2D eigenvalue weighted by atomic mass is 19.4. The van der Waals surface area contributed by atoms with Crippen molar-refractivity contribution in [1.29, 1.82) is 0 Å². The fraction of sp³-hybridized carbons (Fsp3) is 0.444. The Morgan fingerprint density at radius 1 is 1.40 bits per heavy atom. The van der Waals surface area contributed by atoms with E-state index >= 15 is 0 Å². The van der Waals surface area contributed by atoms with E-state index in [0.29, 0.717) is 18.3 Å². The second-order valence-electron chi connectivity index (χ2n) is 3.48. The van der Waals surface area contributed by atoms with Crippen LogP contribution in [0.3, 0.4) is 0 Å². The van der Waals surface area contributed by atoms with Gasteiger partial charge in [-0.2, -0.15) is 13.2 Å². The molecule has 1 aromatic heterocycles. The lowest BCUT2D eigenvalue weighted by molar-refractivity contribution is -0.138. The maximum absolute atomic E-state index is 12.6. The molecule has 0 aromatic carbocycles. The first-order valence-electron chi connectivity index (χ1n) is 4.41. The summed E-state index contributed by atoms with van der Waals surface area (Å²) in [7, 11) is 1.48. The molecule has 1 N–H and O–H groups in total. The predicted molar refractivity (Wildman–Crippen MR) is 47.2 cm³/mol. The molecule has 0 atom stereocenters. The van der Waals surface area contributed by atoms with Crippen molar-refractivity contribution in [2.75, 3.05) is 0 Å². The van der Waals surface area contributed by atoms with Crippen LogP contribution in [0.2, 0.25) is 0 Å². The van der Waals surface area contributed by atoms with Gasteiger partial charge in [0.1, 0.15) is 0 Å². The molecule has 0 fully saturated rings. The highest BCUT2D eigenvalue weighted by molar-refractivity contribution is 5.35. The van der Waals surface area contributed by atoms with Gasteiger partial charge in [0, 0.05) is 31.9 Å². The van der Waals surface area contributed by atoms with Crippen LogP contribution in [0, 0.1) is 0 Å². The molecular formula is C9H9F3N2O. The van der Waals surface area contributed by atoms with Gasteiger partial charge in [0.15, 0.2) is 0 Å². The number of pyridine rings is 1. The summed E-state index contributed by atoms with van der Waals surface area (Å²) in [5.74, 6) is 0. The quantitative estimate of drug-likeness (QED) is 0.705. The van der Waals surface area contributed by atoms with E-state index in [0.717, 1.165) is 0 Å². The third kappa shape index (κ3) is 1.54. The van der Waals surface area contributed by atoms with E-state index in [-0.39, 0.29) is 12.1 Å². The van der Waals surface area contributed by atoms with Gasteiger partial charge in [-0.25, -0.2) is 0 Å². The molecule has 0 radical (unpaired) electrons. The lowest BCUT2D eigenvalue weighted by Gasteiger charge is -2.13. The van der Waals surface area contributed by atoms with Crippen LogP contribution >= 0.6 is 0 Å². The Morgan fingerprint density at radius 3 is 2.67 bits per heavy atom. The number of nitrogens with one attached hydrogen (secondary N) is 1. The third-order valence-corrected chi connectivity index (χ3v) is 2.58. The average molecular weight is 218 g/mol. The first-order valence-corrected chi connectivity index (χ1v) is 4.41. The standard InChI is InChI=1S/C9H9F3N2O/c1-14-7-4-13-3-5(7)6(2-8(14)15)9(10,11)12/h2,13H,3-4H2,1H3. The van der Waals surface area contributed by atoms with Crippen molar-refractivity contribution in [3.63, 3.8) is 0 Å². The zero-order valence-corrected chi connectivity index (χ0v) is 7.98. The van der Waals surface area contributed by atoms with Crippen LogP contribution in [0.5, 0.6) is 0 Å². The minimum absolute atomic E-state index is 0.165. The van der Waals surface area contributed by atoms with Crippen LogP contribution in [-0.2, 0) is 26.3 Å². The lowest BCUT2D eigenvalue weighted by atomic mass is 10.1. The van der Waals surface area contributed by atoms with E-state index < -0.39 is 17.3 Å². The fourth-order valence-corrected chi connectivity index (χ4v) is 1.78. The topological polar surface area (TPSA) is 34.0 Å². The van der Waals surface area contributed by atoms with Gasteiger partial charge in [-0.15, -0.1) is 0 Å². The summed E-state index contributed by atoms with van der Waals surface area (Å²) >= 11 is 0. The normalized spacial score (nSPS) is 15.5. The van der Waals surface area contributed by atoms with E-state index in [1.165, 1.54) is 11.6 Å². The van der Waals surface area contributed by atoms with Crippen molar-refractivity contribution in [2.45, 2.75) is 19.3 Å². The fourth-order valence-electron chi connectivity index (χ4n) is 1.78. The Hall–Kier alpha value is -1.30. The second-order valence-corrected chi connectivity index (χ2v) is 3.48. The van der Waals surface area contributed by atoms with Gasteiger partial charge in [-0.05, 0) is 5.56 Å². The third-order valence-electron chi connectivity index (χ3n) is 2.58. The van der Waals surface area contributed by atoms with Crippen LogP contribution in [0.4, 0.5) is 13.2 Å². The molecule has 0 amide bonds. The summed E-state index contributed by atoms with van der Waals surface area (Å²) in [5, 5.41) is 2.81. The van der Waals surface area contributed by atoms with Crippen molar-refractivity contribution in [1.82, 2.24) is 9.88 Å². The Morgan fingerprint density at radius 2 is 2.07 bits per heavy atom. The van der Waals surface area contributed by atoms with Gasteiger partial charge in [-0.1, -0.05) is 0 Å². The molecule has 82 valence electrons. The Balaban J connectivity index is 2.74. The zero-order valence-electron chi connectivity index (χ0n) is 7.98. The number of halogens is 3. The van der Waals surface area contributed by atoms with Gasteiger partial charge >= 0.3 is 6.18 Å². The molecule has 0 saturated carbocycles. The van der Waals surface area contributed by atoms with E-state index in [1.54, 1.807) is 0 Å².